The molecule has 1 aliphatic heterocycles. The zero-order valence-electron chi connectivity index (χ0n) is 14.0. The van der Waals surface area contributed by atoms with Crippen LogP contribution in [0.1, 0.15) is 36.1 Å². The number of amides is 1. The lowest BCUT2D eigenvalue weighted by Gasteiger charge is -2.17. The van der Waals surface area contributed by atoms with Crippen molar-refractivity contribution in [2.24, 2.45) is 5.92 Å². The second-order valence-electron chi connectivity index (χ2n) is 6.25. The monoisotopic (exact) mass is 309 g/mol. The number of para-hydroxylation sites is 1. The minimum Gasteiger partial charge on any atom is -0.312 e. The minimum atomic E-state index is 0.210. The molecule has 1 aliphatic rings. The maximum absolute atomic E-state index is 12.4. The van der Waals surface area contributed by atoms with Crippen LogP contribution in [-0.4, -0.2) is 22.4 Å². The van der Waals surface area contributed by atoms with E-state index < -0.39 is 0 Å². The van der Waals surface area contributed by atoms with Crippen LogP contribution in [0.4, 0.5) is 5.69 Å². The standard InChI is InChI=1S/C19H23N3O/c1-4-17-13(2)20-14(3)21-18(17)10-15-11-19(23)22(12-15)16-8-6-5-7-9-16/h5-9,15H,4,10-12H2,1-3H3/t15-/m1/s1. The molecule has 1 fully saturated rings. The van der Waals surface area contributed by atoms with Gasteiger partial charge in [-0.05, 0) is 50.3 Å². The van der Waals surface area contributed by atoms with Crippen LogP contribution < -0.4 is 4.90 Å². The Hall–Kier alpha value is -2.23. The number of carbonyl (C=O) groups is 1. The SMILES string of the molecule is CCc1c(C)nc(C)nc1C[C@@H]1CC(=O)N(c2ccccc2)C1. The Bertz CT molecular complexity index is 712. The number of aromatic nitrogens is 2. The van der Waals surface area contributed by atoms with E-state index in [0.29, 0.717) is 12.3 Å². The molecule has 23 heavy (non-hydrogen) atoms. The summed E-state index contributed by atoms with van der Waals surface area (Å²) in [5.74, 6) is 1.35. The lowest BCUT2D eigenvalue weighted by molar-refractivity contribution is -0.117. The van der Waals surface area contributed by atoms with E-state index in [2.05, 4.69) is 16.9 Å². The van der Waals surface area contributed by atoms with Gasteiger partial charge < -0.3 is 4.90 Å². The molecule has 1 amide bonds. The van der Waals surface area contributed by atoms with Gasteiger partial charge in [0.2, 0.25) is 5.91 Å². The van der Waals surface area contributed by atoms with Crippen molar-refractivity contribution in [2.75, 3.05) is 11.4 Å². The van der Waals surface area contributed by atoms with Crippen molar-refractivity contribution in [2.45, 2.75) is 40.0 Å². The van der Waals surface area contributed by atoms with Gasteiger partial charge in [0.15, 0.2) is 0 Å². The fraction of sp³-hybridized carbons (Fsp3) is 0.421. The summed E-state index contributed by atoms with van der Waals surface area (Å²) in [6, 6.07) is 9.92. The van der Waals surface area contributed by atoms with Crippen molar-refractivity contribution in [3.63, 3.8) is 0 Å². The van der Waals surface area contributed by atoms with Crippen LogP contribution in [0.3, 0.4) is 0 Å². The Balaban J connectivity index is 1.79. The van der Waals surface area contributed by atoms with E-state index in [4.69, 9.17) is 0 Å². The Morgan fingerprint density at radius 1 is 1.17 bits per heavy atom. The molecule has 4 heteroatoms. The number of hydrogen-bond donors (Lipinski definition) is 0. The topological polar surface area (TPSA) is 46.1 Å². The molecular formula is C19H23N3O. The van der Waals surface area contributed by atoms with Gasteiger partial charge in [-0.3, -0.25) is 4.79 Å². The number of rotatable bonds is 4. The maximum atomic E-state index is 12.4. The fourth-order valence-electron chi connectivity index (χ4n) is 3.48. The molecule has 2 aromatic rings. The Kier molecular flexibility index (Phi) is 4.42. The lowest BCUT2D eigenvalue weighted by atomic mass is 9.97. The predicted molar refractivity (Wildman–Crippen MR) is 91.5 cm³/mol. The molecule has 3 rings (SSSR count). The smallest absolute Gasteiger partial charge is 0.227 e. The van der Waals surface area contributed by atoms with Gasteiger partial charge in [-0.25, -0.2) is 9.97 Å². The third kappa shape index (κ3) is 3.26. The van der Waals surface area contributed by atoms with E-state index in [9.17, 15) is 4.79 Å². The zero-order chi connectivity index (χ0) is 16.4. The zero-order valence-corrected chi connectivity index (χ0v) is 14.0. The molecule has 120 valence electrons. The van der Waals surface area contributed by atoms with Crippen molar-refractivity contribution >= 4 is 11.6 Å². The van der Waals surface area contributed by atoms with Crippen LogP contribution in [-0.2, 0) is 17.6 Å². The highest BCUT2D eigenvalue weighted by molar-refractivity contribution is 5.95. The van der Waals surface area contributed by atoms with Gasteiger partial charge in [0, 0.05) is 30.0 Å². The molecule has 0 spiro atoms. The van der Waals surface area contributed by atoms with Crippen LogP contribution in [0.2, 0.25) is 0 Å². The molecular weight excluding hydrogens is 286 g/mol. The van der Waals surface area contributed by atoms with Gasteiger partial charge in [0.25, 0.3) is 0 Å². The summed E-state index contributed by atoms with van der Waals surface area (Å²) in [5, 5.41) is 0. The maximum Gasteiger partial charge on any atom is 0.227 e. The average molecular weight is 309 g/mol. The highest BCUT2D eigenvalue weighted by Crippen LogP contribution is 2.28. The first-order chi connectivity index (χ1) is 11.1. The van der Waals surface area contributed by atoms with Crippen LogP contribution in [0.25, 0.3) is 0 Å². The summed E-state index contributed by atoms with van der Waals surface area (Å²) >= 11 is 0. The molecule has 0 aliphatic carbocycles. The summed E-state index contributed by atoms with van der Waals surface area (Å²) in [7, 11) is 0. The van der Waals surface area contributed by atoms with Gasteiger partial charge in [-0.1, -0.05) is 25.1 Å². The molecule has 0 radical (unpaired) electrons. The number of hydrogen-bond acceptors (Lipinski definition) is 3. The molecule has 1 aromatic carbocycles. The summed E-state index contributed by atoms with van der Waals surface area (Å²) < 4.78 is 0. The molecule has 1 saturated heterocycles. The summed E-state index contributed by atoms with van der Waals surface area (Å²) in [4.78, 5) is 23.4. The van der Waals surface area contributed by atoms with Gasteiger partial charge in [0.05, 0.1) is 0 Å². The van der Waals surface area contributed by atoms with Gasteiger partial charge in [-0.2, -0.15) is 0 Å². The van der Waals surface area contributed by atoms with Crippen LogP contribution in [0.5, 0.6) is 0 Å². The molecule has 0 unspecified atom stereocenters. The normalized spacial score (nSPS) is 17.8. The molecule has 0 N–H and O–H groups in total. The Morgan fingerprint density at radius 2 is 1.91 bits per heavy atom. The molecule has 2 heterocycles. The van der Waals surface area contributed by atoms with Crippen molar-refractivity contribution in [1.82, 2.24) is 9.97 Å². The number of anilines is 1. The van der Waals surface area contributed by atoms with E-state index >= 15 is 0 Å². The molecule has 1 aromatic heterocycles. The van der Waals surface area contributed by atoms with Crippen LogP contribution in [0.15, 0.2) is 30.3 Å². The highest BCUT2D eigenvalue weighted by Gasteiger charge is 2.31. The van der Waals surface area contributed by atoms with E-state index in [-0.39, 0.29) is 5.91 Å². The third-order valence-electron chi connectivity index (χ3n) is 4.52. The molecule has 1 atom stereocenters. The van der Waals surface area contributed by atoms with E-state index in [1.54, 1.807) is 0 Å². The Morgan fingerprint density at radius 3 is 2.61 bits per heavy atom. The second-order valence-corrected chi connectivity index (χ2v) is 6.25. The third-order valence-corrected chi connectivity index (χ3v) is 4.52. The van der Waals surface area contributed by atoms with E-state index in [1.165, 1.54) is 5.56 Å². The summed E-state index contributed by atoms with van der Waals surface area (Å²) in [6.07, 6.45) is 2.38. The van der Waals surface area contributed by atoms with Crippen LogP contribution >= 0.6 is 0 Å². The Labute approximate surface area is 137 Å². The van der Waals surface area contributed by atoms with Crippen molar-refractivity contribution in [3.05, 3.63) is 53.1 Å². The van der Waals surface area contributed by atoms with Crippen molar-refractivity contribution in [1.29, 1.82) is 0 Å². The van der Waals surface area contributed by atoms with Gasteiger partial charge in [-0.15, -0.1) is 0 Å². The van der Waals surface area contributed by atoms with Crippen molar-refractivity contribution in [3.8, 4) is 0 Å². The first kappa shape index (κ1) is 15.7. The number of aryl methyl sites for hydroxylation is 2. The lowest BCUT2D eigenvalue weighted by Crippen LogP contribution is -2.24. The van der Waals surface area contributed by atoms with Crippen LogP contribution in [0, 0.1) is 19.8 Å². The highest BCUT2D eigenvalue weighted by atomic mass is 16.2. The van der Waals surface area contributed by atoms with Crippen molar-refractivity contribution < 1.29 is 4.79 Å². The largest absolute Gasteiger partial charge is 0.312 e. The van der Waals surface area contributed by atoms with E-state index in [0.717, 1.165) is 42.3 Å². The van der Waals surface area contributed by atoms with E-state index in [1.807, 2.05) is 49.1 Å². The van der Waals surface area contributed by atoms with Gasteiger partial charge >= 0.3 is 0 Å². The summed E-state index contributed by atoms with van der Waals surface area (Å²) in [6.45, 7) is 6.90. The number of nitrogens with zero attached hydrogens (tertiary/aromatic N) is 3. The number of carbonyl (C=O) groups excluding carboxylic acids is 1. The molecule has 4 nitrogen and oxygen atoms in total. The summed E-state index contributed by atoms with van der Waals surface area (Å²) in [5.41, 5.74) is 4.41. The predicted octanol–water partition coefficient (Wildman–Crippen LogP) is 3.25. The van der Waals surface area contributed by atoms with Gasteiger partial charge in [0.1, 0.15) is 5.82 Å². The number of benzene rings is 1. The minimum absolute atomic E-state index is 0.210. The quantitative estimate of drug-likeness (QED) is 0.871. The second kappa shape index (κ2) is 6.49. The fourth-order valence-corrected chi connectivity index (χ4v) is 3.48. The first-order valence-corrected chi connectivity index (χ1v) is 8.27. The first-order valence-electron chi connectivity index (χ1n) is 8.27. The molecule has 0 bridgehead atoms. The average Bonchev–Trinajstić information content (AvgIpc) is 2.88. The molecule has 0 saturated carbocycles.